The monoisotopic (exact) mass is 342 g/mol. The fourth-order valence-electron chi connectivity index (χ4n) is 1.91. The molecule has 0 spiro atoms. The lowest BCUT2D eigenvalue weighted by Gasteiger charge is -2.06. The predicted octanol–water partition coefficient (Wildman–Crippen LogP) is 2.36. The Bertz CT molecular complexity index is 690. The van der Waals surface area contributed by atoms with Gasteiger partial charge in [0.15, 0.2) is 5.78 Å². The molecule has 0 saturated carbocycles. The van der Waals surface area contributed by atoms with E-state index >= 15 is 0 Å². The van der Waals surface area contributed by atoms with E-state index in [0.717, 1.165) is 5.69 Å². The van der Waals surface area contributed by atoms with Crippen molar-refractivity contribution in [2.24, 2.45) is 0 Å². The van der Waals surface area contributed by atoms with Crippen molar-refractivity contribution in [3.05, 3.63) is 66.2 Å². The molecule has 24 heavy (non-hydrogen) atoms. The summed E-state index contributed by atoms with van der Waals surface area (Å²) in [7, 11) is 0. The zero-order chi connectivity index (χ0) is 17.2. The summed E-state index contributed by atoms with van der Waals surface area (Å²) >= 11 is 1.20. The van der Waals surface area contributed by atoms with Gasteiger partial charge in [0.25, 0.3) is 0 Å². The Morgan fingerprint density at radius 3 is 2.04 bits per heavy atom. The van der Waals surface area contributed by atoms with Gasteiger partial charge in [0.2, 0.25) is 11.8 Å². The number of Topliss-reactive ketones (excluding diaryl/α,β-unsaturated/α-hetero) is 1. The van der Waals surface area contributed by atoms with Crippen molar-refractivity contribution in [2.45, 2.75) is 0 Å². The Morgan fingerprint density at radius 1 is 0.792 bits per heavy atom. The highest BCUT2D eigenvalue weighted by atomic mass is 32.2. The van der Waals surface area contributed by atoms with Crippen molar-refractivity contribution in [3.8, 4) is 0 Å². The number of rotatable bonds is 8. The third kappa shape index (κ3) is 6.26. The summed E-state index contributed by atoms with van der Waals surface area (Å²) in [4.78, 5) is 35.3. The summed E-state index contributed by atoms with van der Waals surface area (Å²) in [6.45, 7) is -0.0420. The van der Waals surface area contributed by atoms with Gasteiger partial charge in [-0.05, 0) is 12.1 Å². The van der Waals surface area contributed by atoms with Crippen molar-refractivity contribution < 1.29 is 14.4 Å². The van der Waals surface area contributed by atoms with Crippen LogP contribution in [-0.2, 0) is 9.59 Å². The topological polar surface area (TPSA) is 75.3 Å². The molecule has 0 unspecified atom stereocenters. The van der Waals surface area contributed by atoms with E-state index in [1.807, 2.05) is 24.3 Å². The Morgan fingerprint density at radius 2 is 1.38 bits per heavy atom. The van der Waals surface area contributed by atoms with Crippen molar-refractivity contribution in [2.75, 3.05) is 23.4 Å². The molecule has 124 valence electrons. The van der Waals surface area contributed by atoms with Crippen LogP contribution in [0.2, 0.25) is 0 Å². The lowest BCUT2D eigenvalue weighted by atomic mass is 10.1. The zero-order valence-corrected chi connectivity index (χ0v) is 13.8. The molecule has 0 bridgehead atoms. The number of hydrogen-bond acceptors (Lipinski definition) is 4. The summed E-state index contributed by atoms with van der Waals surface area (Å²) in [6.07, 6.45) is 0. The molecule has 2 rings (SSSR count). The fraction of sp³-hybridized carbons (Fsp3) is 0.167. The van der Waals surface area contributed by atoms with Crippen LogP contribution in [0, 0.1) is 0 Å². The van der Waals surface area contributed by atoms with Gasteiger partial charge in [-0.15, -0.1) is 11.8 Å². The number of thioether (sulfide) groups is 1. The van der Waals surface area contributed by atoms with E-state index in [2.05, 4.69) is 10.6 Å². The van der Waals surface area contributed by atoms with E-state index in [1.54, 1.807) is 36.4 Å². The Balaban J connectivity index is 1.63. The Labute approximate surface area is 144 Å². The van der Waals surface area contributed by atoms with Crippen molar-refractivity contribution in [1.82, 2.24) is 5.32 Å². The average molecular weight is 342 g/mol. The van der Waals surface area contributed by atoms with Crippen LogP contribution in [0.5, 0.6) is 0 Å². The molecule has 2 amide bonds. The van der Waals surface area contributed by atoms with E-state index in [0.29, 0.717) is 5.56 Å². The molecule has 2 N–H and O–H groups in total. The van der Waals surface area contributed by atoms with Gasteiger partial charge in [0.1, 0.15) is 0 Å². The van der Waals surface area contributed by atoms with Crippen LogP contribution in [0.1, 0.15) is 10.4 Å². The van der Waals surface area contributed by atoms with E-state index in [-0.39, 0.29) is 35.6 Å². The summed E-state index contributed by atoms with van der Waals surface area (Å²) in [6, 6.07) is 17.9. The van der Waals surface area contributed by atoms with Crippen LogP contribution < -0.4 is 10.6 Å². The molecular formula is C18H18N2O3S. The van der Waals surface area contributed by atoms with Gasteiger partial charge in [-0.3, -0.25) is 14.4 Å². The SMILES string of the molecule is O=C(CSCC(=O)Nc1ccccc1)NCC(=O)c1ccccc1. The number of carbonyl (C=O) groups excluding carboxylic acids is 3. The first-order chi connectivity index (χ1) is 11.6. The minimum atomic E-state index is -0.267. The third-order valence-corrected chi connectivity index (χ3v) is 4.00. The molecule has 6 heteroatoms. The molecule has 0 atom stereocenters. The van der Waals surface area contributed by atoms with Crippen LogP contribution >= 0.6 is 11.8 Å². The molecule has 0 aliphatic heterocycles. The summed E-state index contributed by atoms with van der Waals surface area (Å²) in [5.74, 6) is -0.272. The minimum Gasteiger partial charge on any atom is -0.348 e. The maximum atomic E-state index is 11.8. The second-order valence-electron chi connectivity index (χ2n) is 4.97. The summed E-state index contributed by atoms with van der Waals surface area (Å²) < 4.78 is 0. The minimum absolute atomic E-state index is 0.0420. The molecule has 5 nitrogen and oxygen atoms in total. The smallest absolute Gasteiger partial charge is 0.234 e. The first-order valence-corrected chi connectivity index (χ1v) is 8.58. The van der Waals surface area contributed by atoms with E-state index in [1.165, 1.54) is 11.8 Å². The van der Waals surface area contributed by atoms with Crippen LogP contribution in [0.3, 0.4) is 0 Å². The van der Waals surface area contributed by atoms with E-state index in [4.69, 9.17) is 0 Å². The summed E-state index contributed by atoms with van der Waals surface area (Å²) in [5.41, 5.74) is 1.29. The molecule has 0 aromatic heterocycles. The number of amides is 2. The van der Waals surface area contributed by atoms with Gasteiger partial charge >= 0.3 is 0 Å². The number of para-hydroxylation sites is 1. The van der Waals surface area contributed by atoms with Gasteiger partial charge in [0.05, 0.1) is 18.1 Å². The molecule has 2 aromatic rings. The highest BCUT2D eigenvalue weighted by Crippen LogP contribution is 2.07. The zero-order valence-electron chi connectivity index (χ0n) is 13.0. The molecule has 2 aromatic carbocycles. The molecule has 0 aliphatic rings. The molecule has 0 radical (unpaired) electrons. The lowest BCUT2D eigenvalue weighted by molar-refractivity contribution is -0.118. The van der Waals surface area contributed by atoms with Crippen molar-refractivity contribution in [3.63, 3.8) is 0 Å². The second-order valence-corrected chi connectivity index (χ2v) is 5.96. The third-order valence-electron chi connectivity index (χ3n) is 3.07. The summed E-state index contributed by atoms with van der Waals surface area (Å²) in [5, 5.41) is 5.31. The normalized spacial score (nSPS) is 10.0. The van der Waals surface area contributed by atoms with Crippen LogP contribution in [-0.4, -0.2) is 35.6 Å². The molecule has 0 saturated heterocycles. The van der Waals surface area contributed by atoms with Crippen LogP contribution in [0.25, 0.3) is 0 Å². The quantitative estimate of drug-likeness (QED) is 0.722. The van der Waals surface area contributed by atoms with Gasteiger partial charge in [0, 0.05) is 11.3 Å². The van der Waals surface area contributed by atoms with E-state index in [9.17, 15) is 14.4 Å². The highest BCUT2D eigenvalue weighted by Gasteiger charge is 2.09. The fourth-order valence-corrected chi connectivity index (χ4v) is 2.56. The number of benzene rings is 2. The maximum Gasteiger partial charge on any atom is 0.234 e. The van der Waals surface area contributed by atoms with Gasteiger partial charge in [-0.1, -0.05) is 48.5 Å². The first-order valence-electron chi connectivity index (χ1n) is 7.43. The highest BCUT2D eigenvalue weighted by molar-refractivity contribution is 8.00. The van der Waals surface area contributed by atoms with Crippen LogP contribution in [0.15, 0.2) is 60.7 Å². The maximum absolute atomic E-state index is 11.8. The van der Waals surface area contributed by atoms with Gasteiger partial charge in [-0.25, -0.2) is 0 Å². The number of ketones is 1. The van der Waals surface area contributed by atoms with Crippen LogP contribution in [0.4, 0.5) is 5.69 Å². The molecule has 0 fully saturated rings. The predicted molar refractivity (Wildman–Crippen MR) is 96.2 cm³/mol. The molecule has 0 heterocycles. The lowest BCUT2D eigenvalue weighted by Crippen LogP contribution is -2.31. The first kappa shape index (κ1) is 17.7. The van der Waals surface area contributed by atoms with E-state index < -0.39 is 0 Å². The van der Waals surface area contributed by atoms with Gasteiger partial charge < -0.3 is 10.6 Å². The van der Waals surface area contributed by atoms with Gasteiger partial charge in [-0.2, -0.15) is 0 Å². The van der Waals surface area contributed by atoms with Crippen molar-refractivity contribution in [1.29, 1.82) is 0 Å². The largest absolute Gasteiger partial charge is 0.348 e. The second kappa shape index (κ2) is 9.52. The molecule has 0 aliphatic carbocycles. The number of carbonyl (C=O) groups is 3. The number of anilines is 1. The average Bonchev–Trinajstić information content (AvgIpc) is 2.61. The van der Waals surface area contributed by atoms with Crippen molar-refractivity contribution >= 4 is 35.0 Å². The Kier molecular flexibility index (Phi) is 7.04. The molecular weight excluding hydrogens is 324 g/mol. The number of hydrogen-bond donors (Lipinski definition) is 2. The number of nitrogens with one attached hydrogen (secondary N) is 2. The Hall–Kier alpha value is -2.60. The standard InChI is InChI=1S/C18H18N2O3S/c21-16(14-7-3-1-4-8-14)11-19-17(22)12-24-13-18(23)20-15-9-5-2-6-10-15/h1-10H,11-13H2,(H,19,22)(H,20,23).